The number of nitrogens with zero attached hydrogens (tertiary/aromatic N) is 4. The average Bonchev–Trinajstić information content (AvgIpc) is 3.79. The SMILES string of the molecule is CCOC(=O)C(=CN(c1c(C)c(N2CCN(Cc3ccccc3)C(C)C2)c(F)c(C)c1[N+](=O)[O-])C1CC1)C(=O)OCC. The second kappa shape index (κ2) is 13.3. The van der Waals surface area contributed by atoms with Crippen molar-refractivity contribution in [2.75, 3.05) is 42.6 Å². The Morgan fingerprint density at radius 3 is 2.21 bits per heavy atom. The molecule has 1 heterocycles. The van der Waals surface area contributed by atoms with E-state index < -0.39 is 22.7 Å². The van der Waals surface area contributed by atoms with E-state index in [-0.39, 0.29) is 47.8 Å². The van der Waals surface area contributed by atoms with E-state index in [9.17, 15) is 19.7 Å². The Hall–Kier alpha value is -3.99. The van der Waals surface area contributed by atoms with Crippen LogP contribution in [0.25, 0.3) is 0 Å². The molecular formula is C31H39FN4O6. The number of nitro groups is 1. The molecular weight excluding hydrogens is 543 g/mol. The summed E-state index contributed by atoms with van der Waals surface area (Å²) >= 11 is 0. The lowest BCUT2D eigenvalue weighted by Gasteiger charge is -2.42. The number of carbonyl (C=O) groups is 2. The van der Waals surface area contributed by atoms with Crippen LogP contribution in [0.1, 0.15) is 50.3 Å². The maximum atomic E-state index is 16.1. The number of benzene rings is 2. The van der Waals surface area contributed by atoms with Gasteiger partial charge in [0.25, 0.3) is 5.69 Å². The Labute approximate surface area is 245 Å². The molecule has 2 fully saturated rings. The fourth-order valence-corrected chi connectivity index (χ4v) is 5.53. The summed E-state index contributed by atoms with van der Waals surface area (Å²) in [7, 11) is 0. The number of piperazine rings is 1. The number of hydrogen-bond acceptors (Lipinski definition) is 9. The van der Waals surface area contributed by atoms with Gasteiger partial charge in [-0.2, -0.15) is 0 Å². The summed E-state index contributed by atoms with van der Waals surface area (Å²) in [6, 6.07) is 10.0. The highest BCUT2D eigenvalue weighted by Crippen LogP contribution is 2.47. The van der Waals surface area contributed by atoms with Gasteiger partial charge < -0.3 is 19.3 Å². The standard InChI is InChI=1S/C31H39FN4O6/c1-6-41-30(37)25(31(38)42-7-2)19-35(24-13-14-24)28-22(5)27(26(32)21(4)29(28)36(39)40)34-16-15-33(20(3)17-34)18-23-11-9-8-10-12-23/h8-12,19-20,24H,6-7,13-18H2,1-5H3. The molecule has 0 aromatic heterocycles. The first kappa shape index (κ1) is 31.0. The topological polar surface area (TPSA) is 105 Å². The molecule has 1 saturated carbocycles. The van der Waals surface area contributed by atoms with E-state index in [0.717, 1.165) is 6.54 Å². The second-order valence-corrected chi connectivity index (χ2v) is 10.7. The molecule has 0 radical (unpaired) electrons. The van der Waals surface area contributed by atoms with Crippen LogP contribution in [-0.4, -0.2) is 66.7 Å². The third-order valence-electron chi connectivity index (χ3n) is 7.78. The molecule has 11 heteroatoms. The van der Waals surface area contributed by atoms with Crippen LogP contribution in [0.15, 0.2) is 42.1 Å². The molecule has 2 aromatic carbocycles. The molecule has 1 atom stereocenters. The molecule has 226 valence electrons. The Kier molecular flexibility index (Phi) is 9.82. The van der Waals surface area contributed by atoms with Crippen LogP contribution < -0.4 is 9.80 Å². The first-order chi connectivity index (χ1) is 20.1. The van der Waals surface area contributed by atoms with E-state index in [2.05, 4.69) is 24.0 Å². The number of rotatable bonds is 11. The Morgan fingerprint density at radius 2 is 1.69 bits per heavy atom. The quantitative estimate of drug-likeness (QED) is 0.0900. The van der Waals surface area contributed by atoms with E-state index in [1.54, 1.807) is 25.7 Å². The molecule has 2 aromatic rings. The van der Waals surface area contributed by atoms with Gasteiger partial charge in [0, 0.05) is 50.0 Å². The molecule has 1 saturated heterocycles. The van der Waals surface area contributed by atoms with Gasteiger partial charge >= 0.3 is 11.9 Å². The molecule has 42 heavy (non-hydrogen) atoms. The van der Waals surface area contributed by atoms with Crippen LogP contribution in [-0.2, 0) is 25.6 Å². The Morgan fingerprint density at radius 1 is 1.07 bits per heavy atom. The van der Waals surface area contributed by atoms with Crippen LogP contribution >= 0.6 is 0 Å². The summed E-state index contributed by atoms with van der Waals surface area (Å²) in [6.07, 6.45) is 2.66. The number of anilines is 2. The van der Waals surface area contributed by atoms with Gasteiger partial charge in [-0.05, 0) is 53.0 Å². The molecule has 0 spiro atoms. The van der Waals surface area contributed by atoms with Gasteiger partial charge in [0.2, 0.25) is 0 Å². The van der Waals surface area contributed by atoms with Crippen LogP contribution in [0.5, 0.6) is 0 Å². The molecule has 1 unspecified atom stereocenters. The third kappa shape index (κ3) is 6.56. The average molecular weight is 583 g/mol. The lowest BCUT2D eigenvalue weighted by molar-refractivity contribution is -0.384. The highest BCUT2D eigenvalue weighted by molar-refractivity contribution is 6.14. The zero-order valence-electron chi connectivity index (χ0n) is 24.9. The van der Waals surface area contributed by atoms with Crippen molar-refractivity contribution in [2.45, 2.75) is 66.1 Å². The Balaban J connectivity index is 1.78. The summed E-state index contributed by atoms with van der Waals surface area (Å²) in [5.41, 5.74) is 1.19. The fraction of sp³-hybridized carbons (Fsp3) is 0.484. The second-order valence-electron chi connectivity index (χ2n) is 10.7. The van der Waals surface area contributed by atoms with Gasteiger partial charge in [-0.3, -0.25) is 15.0 Å². The van der Waals surface area contributed by atoms with Crippen molar-refractivity contribution >= 4 is 29.0 Å². The highest BCUT2D eigenvalue weighted by Gasteiger charge is 2.40. The molecule has 0 amide bonds. The predicted molar refractivity (Wildman–Crippen MR) is 158 cm³/mol. The lowest BCUT2D eigenvalue weighted by atomic mass is 10.00. The first-order valence-electron chi connectivity index (χ1n) is 14.4. The van der Waals surface area contributed by atoms with Gasteiger partial charge in [-0.1, -0.05) is 30.3 Å². The van der Waals surface area contributed by atoms with Gasteiger partial charge in [0.1, 0.15) is 5.69 Å². The lowest BCUT2D eigenvalue weighted by Crippen LogP contribution is -2.52. The summed E-state index contributed by atoms with van der Waals surface area (Å²) in [5.74, 6) is -2.41. The number of hydrogen-bond donors (Lipinski definition) is 0. The van der Waals surface area contributed by atoms with Crippen LogP contribution in [0.3, 0.4) is 0 Å². The van der Waals surface area contributed by atoms with Crippen molar-refractivity contribution in [2.24, 2.45) is 0 Å². The number of nitro benzene ring substituents is 1. The van der Waals surface area contributed by atoms with Crippen molar-refractivity contribution in [1.29, 1.82) is 0 Å². The number of carbonyl (C=O) groups excluding carboxylic acids is 2. The molecule has 4 rings (SSSR count). The highest BCUT2D eigenvalue weighted by atomic mass is 19.1. The normalized spacial score (nSPS) is 17.0. The van der Waals surface area contributed by atoms with Gasteiger partial charge in [-0.15, -0.1) is 0 Å². The smallest absolute Gasteiger partial charge is 0.347 e. The minimum atomic E-state index is -0.885. The number of esters is 2. The third-order valence-corrected chi connectivity index (χ3v) is 7.78. The molecule has 1 aliphatic carbocycles. The van der Waals surface area contributed by atoms with E-state index in [4.69, 9.17) is 9.47 Å². The van der Waals surface area contributed by atoms with Gasteiger partial charge in [0.05, 0.1) is 29.4 Å². The zero-order chi connectivity index (χ0) is 30.6. The van der Waals surface area contributed by atoms with Gasteiger partial charge in [-0.25, -0.2) is 14.0 Å². The first-order valence-corrected chi connectivity index (χ1v) is 14.4. The van der Waals surface area contributed by atoms with Crippen molar-refractivity contribution in [1.82, 2.24) is 4.90 Å². The van der Waals surface area contributed by atoms with E-state index in [1.807, 2.05) is 23.1 Å². The number of halogens is 1. The van der Waals surface area contributed by atoms with Crippen LogP contribution in [0.4, 0.5) is 21.5 Å². The van der Waals surface area contributed by atoms with Crippen molar-refractivity contribution < 1.29 is 28.4 Å². The minimum Gasteiger partial charge on any atom is -0.462 e. The molecule has 2 aliphatic rings. The van der Waals surface area contributed by atoms with Crippen molar-refractivity contribution in [3.8, 4) is 0 Å². The summed E-state index contributed by atoms with van der Waals surface area (Å²) in [6.45, 7) is 11.0. The van der Waals surface area contributed by atoms with Gasteiger partial charge in [0.15, 0.2) is 11.4 Å². The van der Waals surface area contributed by atoms with Crippen LogP contribution in [0.2, 0.25) is 0 Å². The minimum absolute atomic E-state index is 0.0341. The summed E-state index contributed by atoms with van der Waals surface area (Å²) in [5, 5.41) is 12.4. The maximum absolute atomic E-state index is 16.1. The van der Waals surface area contributed by atoms with E-state index in [0.29, 0.717) is 43.7 Å². The van der Waals surface area contributed by atoms with Crippen LogP contribution in [0, 0.1) is 29.8 Å². The molecule has 0 N–H and O–H groups in total. The summed E-state index contributed by atoms with van der Waals surface area (Å²) in [4.78, 5) is 43.2. The molecule has 0 bridgehead atoms. The Bertz CT molecular complexity index is 1340. The maximum Gasteiger partial charge on any atom is 0.347 e. The summed E-state index contributed by atoms with van der Waals surface area (Å²) < 4.78 is 26.3. The largest absolute Gasteiger partial charge is 0.462 e. The van der Waals surface area contributed by atoms with E-state index >= 15 is 4.39 Å². The molecule has 10 nitrogen and oxygen atoms in total. The number of ether oxygens (including phenoxy) is 2. The van der Waals surface area contributed by atoms with Crippen molar-refractivity contribution in [3.05, 3.63) is 74.7 Å². The zero-order valence-corrected chi connectivity index (χ0v) is 24.9. The predicted octanol–water partition coefficient (Wildman–Crippen LogP) is 5.04. The van der Waals surface area contributed by atoms with E-state index in [1.165, 1.54) is 18.7 Å². The van der Waals surface area contributed by atoms with Crippen molar-refractivity contribution in [3.63, 3.8) is 0 Å². The molecule has 1 aliphatic heterocycles. The fourth-order valence-electron chi connectivity index (χ4n) is 5.53. The monoisotopic (exact) mass is 582 g/mol.